The second-order valence-corrected chi connectivity index (χ2v) is 7.46. The Morgan fingerprint density at radius 2 is 1.73 bits per heavy atom. The smallest absolute Gasteiger partial charge is 0.247 e. The fraction of sp³-hybridized carbons (Fsp3) is 0.550. The lowest BCUT2D eigenvalue weighted by Gasteiger charge is -2.36. The highest BCUT2D eigenvalue weighted by atomic mass is 15.4. The number of aromatic nitrogens is 3. The predicted molar refractivity (Wildman–Crippen MR) is 106 cm³/mol. The van der Waals surface area contributed by atoms with E-state index in [1.54, 1.807) is 6.20 Å². The second kappa shape index (κ2) is 7.48. The third-order valence-electron chi connectivity index (χ3n) is 5.73. The zero-order valence-corrected chi connectivity index (χ0v) is 15.8. The van der Waals surface area contributed by atoms with Crippen molar-refractivity contribution in [2.75, 3.05) is 41.3 Å². The molecule has 1 aromatic carbocycles. The summed E-state index contributed by atoms with van der Waals surface area (Å²) in [5.41, 5.74) is 4.07. The molecular formula is C20H28N6. The van der Waals surface area contributed by atoms with E-state index in [1.807, 2.05) is 0 Å². The highest BCUT2D eigenvalue weighted by Gasteiger charge is 2.22. The summed E-state index contributed by atoms with van der Waals surface area (Å²) in [5.74, 6) is 1.60. The molecule has 0 atom stereocenters. The van der Waals surface area contributed by atoms with E-state index >= 15 is 0 Å². The van der Waals surface area contributed by atoms with Gasteiger partial charge in [0.15, 0.2) is 5.82 Å². The summed E-state index contributed by atoms with van der Waals surface area (Å²) in [6, 6.07) is 7.09. The lowest BCUT2D eigenvalue weighted by atomic mass is 10.1. The lowest BCUT2D eigenvalue weighted by molar-refractivity contribution is 0.633. The van der Waals surface area contributed by atoms with Gasteiger partial charge in [0, 0.05) is 37.9 Å². The van der Waals surface area contributed by atoms with E-state index in [-0.39, 0.29) is 0 Å². The fourth-order valence-electron chi connectivity index (χ4n) is 4.00. The summed E-state index contributed by atoms with van der Waals surface area (Å²) in [5, 5.41) is 12.0. The molecule has 0 spiro atoms. The molecule has 26 heavy (non-hydrogen) atoms. The van der Waals surface area contributed by atoms with Gasteiger partial charge in [0.1, 0.15) is 0 Å². The maximum atomic E-state index is 4.71. The van der Waals surface area contributed by atoms with Gasteiger partial charge in [-0.25, -0.2) is 0 Å². The van der Waals surface area contributed by atoms with Crippen molar-refractivity contribution in [1.82, 2.24) is 15.2 Å². The van der Waals surface area contributed by atoms with Crippen molar-refractivity contribution in [3.63, 3.8) is 0 Å². The molecule has 1 N–H and O–H groups in total. The van der Waals surface area contributed by atoms with Crippen LogP contribution in [-0.4, -0.2) is 47.4 Å². The monoisotopic (exact) mass is 352 g/mol. The van der Waals surface area contributed by atoms with Crippen molar-refractivity contribution in [2.45, 2.75) is 45.6 Å². The van der Waals surface area contributed by atoms with Crippen LogP contribution in [0.15, 0.2) is 24.4 Å². The molecule has 2 fully saturated rings. The van der Waals surface area contributed by atoms with Crippen LogP contribution < -0.4 is 15.1 Å². The summed E-state index contributed by atoms with van der Waals surface area (Å²) in [6.45, 7) is 8.19. The average Bonchev–Trinajstić information content (AvgIpc) is 3.17. The first kappa shape index (κ1) is 17.1. The van der Waals surface area contributed by atoms with Crippen molar-refractivity contribution >= 4 is 17.5 Å². The minimum Gasteiger partial charge on any atom is -0.368 e. The summed E-state index contributed by atoms with van der Waals surface area (Å²) in [4.78, 5) is 9.42. The summed E-state index contributed by atoms with van der Waals surface area (Å²) >= 11 is 0. The topological polar surface area (TPSA) is 57.2 Å². The molecule has 0 radical (unpaired) electrons. The normalized spacial score (nSPS) is 18.4. The zero-order chi connectivity index (χ0) is 17.9. The first-order valence-corrected chi connectivity index (χ1v) is 9.73. The maximum Gasteiger partial charge on any atom is 0.247 e. The largest absolute Gasteiger partial charge is 0.368 e. The van der Waals surface area contributed by atoms with Gasteiger partial charge in [-0.05, 0) is 43.9 Å². The fourth-order valence-corrected chi connectivity index (χ4v) is 4.00. The van der Waals surface area contributed by atoms with Crippen LogP contribution in [0.1, 0.15) is 36.8 Å². The minimum absolute atomic E-state index is 0.542. The molecule has 1 aliphatic carbocycles. The predicted octanol–water partition coefficient (Wildman–Crippen LogP) is 3.17. The molecule has 2 aliphatic rings. The van der Waals surface area contributed by atoms with Gasteiger partial charge < -0.3 is 15.1 Å². The van der Waals surface area contributed by atoms with E-state index in [2.05, 4.69) is 57.4 Å². The van der Waals surface area contributed by atoms with Gasteiger partial charge in [-0.15, -0.1) is 5.10 Å². The Bertz CT molecular complexity index is 748. The van der Waals surface area contributed by atoms with Gasteiger partial charge in [0.25, 0.3) is 0 Å². The number of anilines is 3. The molecular weight excluding hydrogens is 324 g/mol. The van der Waals surface area contributed by atoms with Gasteiger partial charge in [-0.3, -0.25) is 0 Å². The van der Waals surface area contributed by atoms with Crippen molar-refractivity contribution in [1.29, 1.82) is 0 Å². The quantitative estimate of drug-likeness (QED) is 0.912. The van der Waals surface area contributed by atoms with Crippen molar-refractivity contribution in [3.05, 3.63) is 35.5 Å². The van der Waals surface area contributed by atoms with Crippen LogP contribution in [0, 0.1) is 13.8 Å². The van der Waals surface area contributed by atoms with Crippen molar-refractivity contribution in [2.24, 2.45) is 0 Å². The second-order valence-electron chi connectivity index (χ2n) is 7.46. The zero-order valence-electron chi connectivity index (χ0n) is 15.8. The van der Waals surface area contributed by atoms with E-state index in [9.17, 15) is 0 Å². The Hall–Kier alpha value is -2.37. The third-order valence-corrected chi connectivity index (χ3v) is 5.73. The molecule has 0 bridgehead atoms. The van der Waals surface area contributed by atoms with Crippen LogP contribution in [-0.2, 0) is 0 Å². The summed E-state index contributed by atoms with van der Waals surface area (Å²) < 4.78 is 0. The lowest BCUT2D eigenvalue weighted by Crippen LogP contribution is -2.47. The SMILES string of the molecule is Cc1cccc(N2CCN(c3nncc(NC4CCCC4)n3)CC2)c1C. The number of rotatable bonds is 4. The van der Waals surface area contributed by atoms with Crippen LogP contribution in [0.5, 0.6) is 0 Å². The molecule has 1 aliphatic heterocycles. The Kier molecular flexibility index (Phi) is 4.91. The highest BCUT2D eigenvalue weighted by Crippen LogP contribution is 2.25. The molecule has 6 nitrogen and oxygen atoms in total. The Balaban J connectivity index is 1.40. The van der Waals surface area contributed by atoms with Crippen LogP contribution >= 0.6 is 0 Å². The van der Waals surface area contributed by atoms with Gasteiger partial charge >= 0.3 is 0 Å². The Labute approximate surface area is 155 Å². The number of benzene rings is 1. The summed E-state index contributed by atoms with van der Waals surface area (Å²) in [7, 11) is 0. The number of nitrogens with one attached hydrogen (secondary N) is 1. The van der Waals surface area contributed by atoms with E-state index in [0.29, 0.717) is 6.04 Å². The van der Waals surface area contributed by atoms with E-state index in [1.165, 1.54) is 42.5 Å². The molecule has 1 aromatic heterocycles. The van der Waals surface area contributed by atoms with Gasteiger partial charge in [-0.2, -0.15) is 10.1 Å². The first-order valence-electron chi connectivity index (χ1n) is 9.73. The van der Waals surface area contributed by atoms with Gasteiger partial charge in [0.05, 0.1) is 6.20 Å². The molecule has 0 amide bonds. The van der Waals surface area contributed by atoms with Crippen LogP contribution in [0.25, 0.3) is 0 Å². The summed E-state index contributed by atoms with van der Waals surface area (Å²) in [6.07, 6.45) is 6.82. The Morgan fingerprint density at radius 1 is 1.00 bits per heavy atom. The molecule has 6 heteroatoms. The minimum atomic E-state index is 0.542. The Morgan fingerprint density at radius 3 is 2.50 bits per heavy atom. The van der Waals surface area contributed by atoms with E-state index < -0.39 is 0 Å². The van der Waals surface area contributed by atoms with Crippen LogP contribution in [0.3, 0.4) is 0 Å². The highest BCUT2D eigenvalue weighted by molar-refractivity contribution is 5.57. The number of aryl methyl sites for hydroxylation is 1. The van der Waals surface area contributed by atoms with Crippen molar-refractivity contribution < 1.29 is 0 Å². The molecule has 4 rings (SSSR count). The van der Waals surface area contributed by atoms with Gasteiger partial charge in [-0.1, -0.05) is 25.0 Å². The standard InChI is InChI=1S/C20H28N6/c1-15-6-5-9-18(16(15)2)25-10-12-26(13-11-25)20-23-19(14-21-24-20)22-17-7-3-4-8-17/h5-6,9,14,17H,3-4,7-8,10-13H2,1-2H3,(H,22,23,24). The van der Waals surface area contributed by atoms with Crippen molar-refractivity contribution in [3.8, 4) is 0 Å². The molecule has 1 saturated carbocycles. The number of nitrogens with zero attached hydrogens (tertiary/aromatic N) is 5. The van der Waals surface area contributed by atoms with E-state index in [0.717, 1.165) is 37.9 Å². The first-order chi connectivity index (χ1) is 12.7. The number of hydrogen-bond acceptors (Lipinski definition) is 6. The number of piperazine rings is 1. The molecule has 2 aromatic rings. The molecule has 138 valence electrons. The molecule has 1 saturated heterocycles. The van der Waals surface area contributed by atoms with Crippen LogP contribution in [0.2, 0.25) is 0 Å². The van der Waals surface area contributed by atoms with Crippen LogP contribution in [0.4, 0.5) is 17.5 Å². The number of hydrogen-bond donors (Lipinski definition) is 1. The average molecular weight is 352 g/mol. The van der Waals surface area contributed by atoms with Gasteiger partial charge in [0.2, 0.25) is 5.95 Å². The third kappa shape index (κ3) is 3.59. The molecule has 0 unspecified atom stereocenters. The molecule has 2 heterocycles. The maximum absolute atomic E-state index is 4.71. The van der Waals surface area contributed by atoms with E-state index in [4.69, 9.17) is 4.98 Å².